The van der Waals surface area contributed by atoms with E-state index in [1.807, 2.05) is 0 Å². The molecule has 0 unspecified atom stereocenters. The number of anilines is 3. The third-order valence-corrected chi connectivity index (χ3v) is 11.0. The predicted octanol–water partition coefficient (Wildman–Crippen LogP) is 13.4. The van der Waals surface area contributed by atoms with Gasteiger partial charge >= 0.3 is 0 Å². The zero-order valence-electron chi connectivity index (χ0n) is 28.7. The van der Waals surface area contributed by atoms with Crippen LogP contribution in [0.2, 0.25) is 0 Å². The second-order valence-corrected chi connectivity index (χ2v) is 14.2. The predicted molar refractivity (Wildman–Crippen MR) is 216 cm³/mol. The van der Waals surface area contributed by atoms with E-state index in [9.17, 15) is 0 Å². The topological polar surface area (TPSA) is 8.17 Å². The number of aromatic nitrogens is 1. The Balaban J connectivity index is 1.17. The van der Waals surface area contributed by atoms with Crippen LogP contribution in [0.5, 0.6) is 0 Å². The van der Waals surface area contributed by atoms with Gasteiger partial charge in [0, 0.05) is 38.8 Å². The maximum Gasteiger partial charge on any atom is 0.0543 e. The lowest BCUT2D eigenvalue weighted by Crippen LogP contribution is -2.16. The average Bonchev–Trinajstić information content (AvgIpc) is 3.64. The SMILES string of the molecule is CC1(C)c2ccccc2-c2c(N(c3ccc(-n4c5ccccc5c5ccccc54)cc3)c3cccc(-c4ccc5ccccc5c4)c3)cccc21. The summed E-state index contributed by atoms with van der Waals surface area (Å²) in [5, 5.41) is 5.04. The summed E-state index contributed by atoms with van der Waals surface area (Å²) < 4.78 is 2.39. The van der Waals surface area contributed by atoms with E-state index < -0.39 is 0 Å². The van der Waals surface area contributed by atoms with Crippen molar-refractivity contribution in [3.8, 4) is 27.9 Å². The first kappa shape index (κ1) is 29.5. The molecule has 1 aliphatic carbocycles. The van der Waals surface area contributed by atoms with Crippen LogP contribution in [0.4, 0.5) is 17.1 Å². The standard InChI is InChI=1S/C49H36N2/c1-49(2)43-20-8-5-19-42(43)48-44(49)21-12-24-47(48)50(39-16-11-15-35(32-39)36-26-25-33-13-3-4-14-34(33)31-36)37-27-29-38(30-28-37)51-45-22-9-6-17-40(45)41-18-7-10-23-46(41)51/h3-32H,1-2H3. The van der Waals surface area contributed by atoms with Crippen molar-refractivity contribution in [1.29, 1.82) is 0 Å². The molecular formula is C49H36N2. The molecule has 0 amide bonds. The van der Waals surface area contributed by atoms with E-state index in [-0.39, 0.29) is 5.41 Å². The van der Waals surface area contributed by atoms with Gasteiger partial charge in [-0.25, -0.2) is 0 Å². The largest absolute Gasteiger partial charge is 0.310 e. The van der Waals surface area contributed by atoms with Crippen molar-refractivity contribution in [2.24, 2.45) is 0 Å². The van der Waals surface area contributed by atoms with Crippen molar-refractivity contribution in [2.45, 2.75) is 19.3 Å². The number of para-hydroxylation sites is 2. The molecule has 0 N–H and O–H groups in total. The fourth-order valence-electron chi connectivity index (χ4n) is 8.49. The molecule has 2 heteroatoms. The minimum absolute atomic E-state index is 0.0963. The van der Waals surface area contributed by atoms with Crippen LogP contribution in [-0.4, -0.2) is 4.57 Å². The Morgan fingerprint density at radius 1 is 0.451 bits per heavy atom. The number of fused-ring (bicyclic) bond motifs is 7. The lowest BCUT2D eigenvalue weighted by atomic mass is 9.82. The quantitative estimate of drug-likeness (QED) is 0.180. The molecule has 242 valence electrons. The van der Waals surface area contributed by atoms with Gasteiger partial charge in [-0.2, -0.15) is 0 Å². The molecule has 10 rings (SSSR count). The van der Waals surface area contributed by atoms with Gasteiger partial charge in [0.25, 0.3) is 0 Å². The second-order valence-electron chi connectivity index (χ2n) is 14.2. The molecule has 8 aromatic carbocycles. The summed E-state index contributed by atoms with van der Waals surface area (Å²) in [6.07, 6.45) is 0. The summed E-state index contributed by atoms with van der Waals surface area (Å²) in [4.78, 5) is 2.46. The highest BCUT2D eigenvalue weighted by Crippen LogP contribution is 2.54. The Hall–Kier alpha value is -6.38. The van der Waals surface area contributed by atoms with Crippen molar-refractivity contribution >= 4 is 49.6 Å². The monoisotopic (exact) mass is 652 g/mol. The van der Waals surface area contributed by atoms with E-state index in [0.29, 0.717) is 0 Å². The first-order valence-electron chi connectivity index (χ1n) is 17.8. The van der Waals surface area contributed by atoms with Crippen LogP contribution in [0.3, 0.4) is 0 Å². The molecule has 0 aliphatic heterocycles. The first-order valence-corrected chi connectivity index (χ1v) is 17.8. The summed E-state index contributed by atoms with van der Waals surface area (Å²) in [5.41, 5.74) is 14.7. The highest BCUT2D eigenvalue weighted by atomic mass is 15.1. The molecular weight excluding hydrogens is 617 g/mol. The van der Waals surface area contributed by atoms with E-state index in [4.69, 9.17) is 0 Å². The van der Waals surface area contributed by atoms with Gasteiger partial charge in [-0.3, -0.25) is 0 Å². The van der Waals surface area contributed by atoms with Gasteiger partial charge in [-0.15, -0.1) is 0 Å². The zero-order valence-corrected chi connectivity index (χ0v) is 28.7. The third-order valence-electron chi connectivity index (χ3n) is 11.0. The summed E-state index contributed by atoms with van der Waals surface area (Å²) in [6, 6.07) is 66.7. The smallest absolute Gasteiger partial charge is 0.0543 e. The summed E-state index contributed by atoms with van der Waals surface area (Å²) in [6.45, 7) is 4.71. The molecule has 0 radical (unpaired) electrons. The van der Waals surface area contributed by atoms with Crippen LogP contribution in [0, 0.1) is 0 Å². The molecule has 0 spiro atoms. The summed E-state index contributed by atoms with van der Waals surface area (Å²) in [7, 11) is 0. The molecule has 1 aliphatic rings. The maximum atomic E-state index is 2.46. The van der Waals surface area contributed by atoms with Crippen molar-refractivity contribution in [3.63, 3.8) is 0 Å². The van der Waals surface area contributed by atoms with Crippen molar-refractivity contribution in [3.05, 3.63) is 193 Å². The molecule has 51 heavy (non-hydrogen) atoms. The van der Waals surface area contributed by atoms with Crippen LogP contribution in [0.15, 0.2) is 182 Å². The number of hydrogen-bond donors (Lipinski definition) is 0. The molecule has 0 fully saturated rings. The molecule has 1 heterocycles. The molecule has 0 saturated carbocycles. The number of hydrogen-bond acceptors (Lipinski definition) is 1. The van der Waals surface area contributed by atoms with Gasteiger partial charge in [0.2, 0.25) is 0 Å². The summed E-state index contributed by atoms with van der Waals surface area (Å²) >= 11 is 0. The van der Waals surface area contributed by atoms with Gasteiger partial charge in [0.05, 0.1) is 16.7 Å². The molecule has 9 aromatic rings. The van der Waals surface area contributed by atoms with Gasteiger partial charge in [-0.1, -0.05) is 135 Å². The molecule has 0 atom stereocenters. The minimum Gasteiger partial charge on any atom is -0.310 e. The number of rotatable bonds is 5. The van der Waals surface area contributed by atoms with E-state index >= 15 is 0 Å². The third kappa shape index (κ3) is 4.57. The normalized spacial score (nSPS) is 13.1. The molecule has 2 nitrogen and oxygen atoms in total. The highest BCUT2D eigenvalue weighted by Gasteiger charge is 2.37. The fraction of sp³-hybridized carbons (Fsp3) is 0.0612. The van der Waals surface area contributed by atoms with Crippen LogP contribution in [-0.2, 0) is 5.41 Å². The summed E-state index contributed by atoms with van der Waals surface area (Å²) in [5.74, 6) is 0. The highest BCUT2D eigenvalue weighted by molar-refractivity contribution is 6.09. The fourth-order valence-corrected chi connectivity index (χ4v) is 8.49. The van der Waals surface area contributed by atoms with Crippen LogP contribution in [0.25, 0.3) is 60.5 Å². The second kappa shape index (κ2) is 11.3. The van der Waals surface area contributed by atoms with Crippen LogP contribution in [0.1, 0.15) is 25.0 Å². The van der Waals surface area contributed by atoms with Crippen LogP contribution >= 0.6 is 0 Å². The van der Waals surface area contributed by atoms with Gasteiger partial charge < -0.3 is 9.47 Å². The van der Waals surface area contributed by atoms with Crippen molar-refractivity contribution in [2.75, 3.05) is 4.90 Å². The number of benzene rings is 8. The minimum atomic E-state index is -0.0963. The van der Waals surface area contributed by atoms with Gasteiger partial charge in [0.15, 0.2) is 0 Å². The Labute approximate surface area is 298 Å². The Kier molecular flexibility index (Phi) is 6.56. The Morgan fingerprint density at radius 3 is 1.86 bits per heavy atom. The first-order chi connectivity index (χ1) is 25.1. The Bertz CT molecular complexity index is 2730. The zero-order chi connectivity index (χ0) is 34.1. The van der Waals surface area contributed by atoms with E-state index in [1.54, 1.807) is 0 Å². The maximum absolute atomic E-state index is 2.46. The molecule has 1 aromatic heterocycles. The van der Waals surface area contributed by atoms with Gasteiger partial charge in [0.1, 0.15) is 0 Å². The molecule has 0 saturated heterocycles. The van der Waals surface area contributed by atoms with Gasteiger partial charge in [-0.05, 0) is 99.3 Å². The van der Waals surface area contributed by atoms with E-state index in [0.717, 1.165) is 17.1 Å². The lowest BCUT2D eigenvalue weighted by Gasteiger charge is -2.29. The van der Waals surface area contributed by atoms with Crippen molar-refractivity contribution in [1.82, 2.24) is 4.57 Å². The average molecular weight is 653 g/mol. The number of nitrogens with zero attached hydrogens (tertiary/aromatic N) is 2. The van der Waals surface area contributed by atoms with E-state index in [2.05, 4.69) is 205 Å². The lowest BCUT2D eigenvalue weighted by molar-refractivity contribution is 0.660. The van der Waals surface area contributed by atoms with E-state index in [1.165, 1.54) is 71.6 Å². The van der Waals surface area contributed by atoms with Crippen LogP contribution < -0.4 is 4.90 Å². The van der Waals surface area contributed by atoms with Crippen molar-refractivity contribution < 1.29 is 0 Å². The Morgan fingerprint density at radius 2 is 1.08 bits per heavy atom. The molecule has 0 bridgehead atoms.